The quantitative estimate of drug-likeness (QED) is 0.298. The van der Waals surface area contributed by atoms with Crippen LogP contribution in [0.25, 0.3) is 0 Å². The summed E-state index contributed by atoms with van der Waals surface area (Å²) in [6, 6.07) is 38.3. The highest BCUT2D eigenvalue weighted by Gasteiger charge is 2.15. The highest BCUT2D eigenvalue weighted by Crippen LogP contribution is 2.27. The molecule has 174 valence electrons. The van der Waals surface area contributed by atoms with Gasteiger partial charge in [-0.05, 0) is 28.8 Å². The summed E-state index contributed by atoms with van der Waals surface area (Å²) in [5, 5.41) is 10.8. The van der Waals surface area contributed by atoms with Crippen molar-refractivity contribution in [1.29, 1.82) is 0 Å². The summed E-state index contributed by atoms with van der Waals surface area (Å²) < 4.78 is 12.0. The largest absolute Gasteiger partial charge is 0.487 e. The second-order valence-corrected chi connectivity index (χ2v) is 8.33. The molecule has 4 nitrogen and oxygen atoms in total. The van der Waals surface area contributed by atoms with Gasteiger partial charge in [0.25, 0.3) is 0 Å². The Kier molecular flexibility index (Phi) is 8.72. The van der Waals surface area contributed by atoms with Gasteiger partial charge in [-0.25, -0.2) is 0 Å². The van der Waals surface area contributed by atoms with Crippen LogP contribution in [0.5, 0.6) is 11.5 Å². The van der Waals surface area contributed by atoms with Crippen LogP contribution >= 0.6 is 0 Å². The van der Waals surface area contributed by atoms with Crippen molar-refractivity contribution < 1.29 is 14.6 Å². The minimum atomic E-state index is -0.644. The number of benzene rings is 4. The van der Waals surface area contributed by atoms with Gasteiger partial charge in [0.05, 0.1) is 0 Å². The van der Waals surface area contributed by atoms with E-state index in [-0.39, 0.29) is 6.61 Å². The molecule has 0 aliphatic rings. The van der Waals surface area contributed by atoms with E-state index in [1.54, 1.807) is 0 Å². The number of ether oxygens (including phenoxy) is 2. The number of aliphatic hydroxyl groups is 1. The number of hydrogen-bond donors (Lipinski definition) is 1. The molecule has 4 rings (SSSR count). The number of hydrogen-bond acceptors (Lipinski definition) is 4. The predicted octanol–water partition coefficient (Wildman–Crippen LogP) is 5.71. The van der Waals surface area contributed by atoms with Crippen LogP contribution in [-0.4, -0.2) is 29.3 Å². The molecule has 0 fully saturated rings. The zero-order chi connectivity index (χ0) is 23.4. The zero-order valence-electron chi connectivity index (χ0n) is 19.3. The first-order chi connectivity index (χ1) is 16.8. The first-order valence-corrected chi connectivity index (χ1v) is 11.6. The van der Waals surface area contributed by atoms with Gasteiger partial charge in [-0.1, -0.05) is 103 Å². The molecule has 0 aromatic heterocycles. The van der Waals surface area contributed by atoms with Gasteiger partial charge in [0.1, 0.15) is 19.3 Å². The van der Waals surface area contributed by atoms with E-state index in [1.165, 1.54) is 11.1 Å². The molecule has 0 spiro atoms. The fourth-order valence-corrected chi connectivity index (χ4v) is 3.83. The molecule has 0 unspecified atom stereocenters. The zero-order valence-corrected chi connectivity index (χ0v) is 19.3. The average Bonchev–Trinajstić information content (AvgIpc) is 2.88. The van der Waals surface area contributed by atoms with Crippen LogP contribution in [0.4, 0.5) is 0 Å². The van der Waals surface area contributed by atoms with E-state index < -0.39 is 6.10 Å². The van der Waals surface area contributed by atoms with Crippen LogP contribution in [0, 0.1) is 0 Å². The number of para-hydroxylation sites is 2. The molecule has 0 amide bonds. The van der Waals surface area contributed by atoms with Crippen LogP contribution in [0.3, 0.4) is 0 Å². The molecule has 4 aromatic rings. The lowest BCUT2D eigenvalue weighted by Gasteiger charge is -2.25. The summed E-state index contributed by atoms with van der Waals surface area (Å²) in [7, 11) is 0. The van der Waals surface area contributed by atoms with Crippen molar-refractivity contribution in [1.82, 2.24) is 4.90 Å². The maximum atomic E-state index is 10.8. The second kappa shape index (κ2) is 12.6. The Hall–Kier alpha value is -3.60. The van der Waals surface area contributed by atoms with E-state index in [2.05, 4.69) is 29.2 Å². The van der Waals surface area contributed by atoms with Crippen LogP contribution in [-0.2, 0) is 19.7 Å². The van der Waals surface area contributed by atoms with E-state index in [0.717, 1.165) is 18.7 Å². The molecule has 0 bridgehead atoms. The van der Waals surface area contributed by atoms with Crippen molar-refractivity contribution in [2.24, 2.45) is 0 Å². The summed E-state index contributed by atoms with van der Waals surface area (Å²) in [6.45, 7) is 2.65. The van der Waals surface area contributed by atoms with E-state index in [0.29, 0.717) is 24.7 Å². The molecule has 34 heavy (non-hydrogen) atoms. The standard InChI is InChI=1S/C30H31NO3/c32-28(22-31(20-25-12-4-1-5-13-25)21-26-14-6-2-7-15-26)24-34-30-19-11-10-18-29(30)33-23-27-16-8-3-9-17-27/h1-19,28,32H,20-24H2/t28-/m0/s1. The van der Waals surface area contributed by atoms with Gasteiger partial charge in [-0.15, -0.1) is 0 Å². The molecule has 1 N–H and O–H groups in total. The topological polar surface area (TPSA) is 41.9 Å². The molecule has 1 atom stereocenters. The van der Waals surface area contributed by atoms with E-state index in [9.17, 15) is 5.11 Å². The Balaban J connectivity index is 1.35. The van der Waals surface area contributed by atoms with Crippen molar-refractivity contribution in [3.8, 4) is 11.5 Å². The van der Waals surface area contributed by atoms with E-state index in [4.69, 9.17) is 9.47 Å². The minimum Gasteiger partial charge on any atom is -0.487 e. The monoisotopic (exact) mass is 453 g/mol. The SMILES string of the molecule is O[C@H](COc1ccccc1OCc1ccccc1)CN(Cc1ccccc1)Cc1ccccc1. The van der Waals surface area contributed by atoms with Crippen LogP contribution in [0.15, 0.2) is 115 Å². The Bertz CT molecular complexity index is 1060. The molecule has 0 aliphatic heterocycles. The van der Waals surface area contributed by atoms with Crippen molar-refractivity contribution >= 4 is 0 Å². The third kappa shape index (κ3) is 7.48. The smallest absolute Gasteiger partial charge is 0.161 e. The molecule has 0 saturated heterocycles. The van der Waals surface area contributed by atoms with Crippen LogP contribution in [0.2, 0.25) is 0 Å². The molecular weight excluding hydrogens is 422 g/mol. The summed E-state index contributed by atoms with van der Waals surface area (Å²) in [5.74, 6) is 1.30. The van der Waals surface area contributed by atoms with Crippen molar-refractivity contribution in [3.05, 3.63) is 132 Å². The second-order valence-electron chi connectivity index (χ2n) is 8.33. The molecule has 4 aromatic carbocycles. The summed E-state index contributed by atoms with van der Waals surface area (Å²) >= 11 is 0. The lowest BCUT2D eigenvalue weighted by molar-refractivity contribution is 0.0615. The third-order valence-corrected chi connectivity index (χ3v) is 5.48. The molecule has 0 heterocycles. The first kappa shape index (κ1) is 23.6. The predicted molar refractivity (Wildman–Crippen MR) is 136 cm³/mol. The number of rotatable bonds is 12. The van der Waals surface area contributed by atoms with E-state index >= 15 is 0 Å². The Morgan fingerprint density at radius 3 is 1.53 bits per heavy atom. The van der Waals surface area contributed by atoms with Crippen LogP contribution < -0.4 is 9.47 Å². The summed E-state index contributed by atoms with van der Waals surface area (Å²) in [6.07, 6.45) is -0.644. The van der Waals surface area contributed by atoms with Crippen molar-refractivity contribution in [2.45, 2.75) is 25.8 Å². The fourth-order valence-electron chi connectivity index (χ4n) is 3.83. The molecular formula is C30H31NO3. The molecule has 4 heteroatoms. The molecule has 0 aliphatic carbocycles. The van der Waals surface area contributed by atoms with Gasteiger partial charge in [0.15, 0.2) is 11.5 Å². The van der Waals surface area contributed by atoms with Crippen LogP contribution in [0.1, 0.15) is 16.7 Å². The van der Waals surface area contributed by atoms with Gasteiger partial charge < -0.3 is 14.6 Å². The maximum Gasteiger partial charge on any atom is 0.161 e. The summed E-state index contributed by atoms with van der Waals surface area (Å²) in [4.78, 5) is 2.25. The average molecular weight is 454 g/mol. The highest BCUT2D eigenvalue weighted by atomic mass is 16.5. The van der Waals surface area contributed by atoms with Gasteiger partial charge in [0, 0.05) is 19.6 Å². The van der Waals surface area contributed by atoms with E-state index in [1.807, 2.05) is 91.0 Å². The lowest BCUT2D eigenvalue weighted by atomic mass is 10.1. The fraction of sp³-hybridized carbons (Fsp3) is 0.200. The Morgan fingerprint density at radius 1 is 0.559 bits per heavy atom. The first-order valence-electron chi connectivity index (χ1n) is 11.6. The van der Waals surface area contributed by atoms with Gasteiger partial charge in [-0.2, -0.15) is 0 Å². The normalized spacial score (nSPS) is 11.8. The maximum absolute atomic E-state index is 10.8. The third-order valence-electron chi connectivity index (χ3n) is 5.48. The Morgan fingerprint density at radius 2 is 1.00 bits per heavy atom. The minimum absolute atomic E-state index is 0.186. The van der Waals surface area contributed by atoms with Gasteiger partial charge in [0.2, 0.25) is 0 Å². The van der Waals surface area contributed by atoms with Gasteiger partial charge >= 0.3 is 0 Å². The molecule has 0 radical (unpaired) electrons. The lowest BCUT2D eigenvalue weighted by Crippen LogP contribution is -2.35. The van der Waals surface area contributed by atoms with Gasteiger partial charge in [-0.3, -0.25) is 4.90 Å². The Labute approximate surface area is 202 Å². The highest BCUT2D eigenvalue weighted by molar-refractivity contribution is 5.39. The van der Waals surface area contributed by atoms with Crippen molar-refractivity contribution in [3.63, 3.8) is 0 Å². The number of nitrogens with zero attached hydrogens (tertiary/aromatic N) is 1. The number of aliphatic hydroxyl groups excluding tert-OH is 1. The summed E-state index contributed by atoms with van der Waals surface area (Å²) in [5.41, 5.74) is 3.52. The molecule has 0 saturated carbocycles. The van der Waals surface area contributed by atoms with Crippen molar-refractivity contribution in [2.75, 3.05) is 13.2 Å².